The van der Waals surface area contributed by atoms with E-state index in [1.54, 1.807) is 17.9 Å². The van der Waals surface area contributed by atoms with Crippen molar-refractivity contribution < 1.29 is 18.7 Å². The monoisotopic (exact) mass is 362 g/mol. The molecule has 5 nitrogen and oxygen atoms in total. The van der Waals surface area contributed by atoms with Crippen molar-refractivity contribution in [2.75, 3.05) is 32.8 Å². The number of ether oxygens (including phenoxy) is 1. The molecule has 1 aliphatic heterocycles. The Balaban J connectivity index is 1.62. The summed E-state index contributed by atoms with van der Waals surface area (Å²) in [6.07, 6.45) is 5.01. The lowest BCUT2D eigenvalue weighted by atomic mass is 10.1. The van der Waals surface area contributed by atoms with E-state index < -0.39 is 5.82 Å². The van der Waals surface area contributed by atoms with E-state index >= 15 is 0 Å². The topological polar surface area (TPSA) is 49.9 Å². The Kier molecular flexibility index (Phi) is 6.12. The molecule has 0 spiro atoms. The molecule has 0 radical (unpaired) electrons. The van der Waals surface area contributed by atoms with Crippen LogP contribution in [0.2, 0.25) is 0 Å². The van der Waals surface area contributed by atoms with E-state index in [-0.39, 0.29) is 23.5 Å². The summed E-state index contributed by atoms with van der Waals surface area (Å²) >= 11 is 0. The van der Waals surface area contributed by atoms with Crippen molar-refractivity contribution in [3.8, 4) is 5.75 Å². The Morgan fingerprint density at radius 3 is 2.46 bits per heavy atom. The van der Waals surface area contributed by atoms with Crippen LogP contribution in [0.1, 0.15) is 49.4 Å². The van der Waals surface area contributed by atoms with Crippen molar-refractivity contribution in [3.05, 3.63) is 29.6 Å². The van der Waals surface area contributed by atoms with Gasteiger partial charge in [0.1, 0.15) is 0 Å². The van der Waals surface area contributed by atoms with Crippen LogP contribution in [0.4, 0.5) is 4.39 Å². The van der Waals surface area contributed by atoms with Crippen LogP contribution in [0.15, 0.2) is 18.2 Å². The van der Waals surface area contributed by atoms with Crippen LogP contribution in [0, 0.1) is 11.7 Å². The van der Waals surface area contributed by atoms with Crippen molar-refractivity contribution in [3.63, 3.8) is 0 Å². The van der Waals surface area contributed by atoms with Crippen LogP contribution in [0.25, 0.3) is 0 Å². The van der Waals surface area contributed by atoms with Crippen LogP contribution < -0.4 is 4.74 Å². The third-order valence-corrected chi connectivity index (χ3v) is 5.28. The standard InChI is InChI=1S/C20H27FN2O3/c1-2-26-18-9-8-16(14-17(18)21)20(25)23-11-5-10-22(12-13-23)19(24)15-6-3-4-7-15/h8-9,14-15H,2-7,10-13H2,1H3. The Bertz CT molecular complexity index is 658. The lowest BCUT2D eigenvalue weighted by molar-refractivity contribution is -0.135. The fourth-order valence-electron chi connectivity index (χ4n) is 3.86. The van der Waals surface area contributed by atoms with Gasteiger partial charge < -0.3 is 14.5 Å². The van der Waals surface area contributed by atoms with E-state index in [1.165, 1.54) is 12.1 Å². The van der Waals surface area contributed by atoms with Gasteiger partial charge in [0.25, 0.3) is 5.91 Å². The van der Waals surface area contributed by atoms with Gasteiger partial charge in [-0.1, -0.05) is 12.8 Å². The van der Waals surface area contributed by atoms with Gasteiger partial charge in [-0.05, 0) is 44.4 Å². The van der Waals surface area contributed by atoms with Gasteiger partial charge in [-0.2, -0.15) is 0 Å². The number of halogens is 1. The molecule has 1 heterocycles. The van der Waals surface area contributed by atoms with Gasteiger partial charge in [0.15, 0.2) is 11.6 Å². The molecule has 2 fully saturated rings. The molecule has 0 aromatic heterocycles. The molecule has 1 saturated carbocycles. The SMILES string of the molecule is CCOc1ccc(C(=O)N2CCCN(C(=O)C3CCCC3)CC2)cc1F. The maximum Gasteiger partial charge on any atom is 0.254 e. The van der Waals surface area contributed by atoms with Crippen molar-refractivity contribution in [1.82, 2.24) is 9.80 Å². The van der Waals surface area contributed by atoms with Gasteiger partial charge in [-0.25, -0.2) is 4.39 Å². The highest BCUT2D eigenvalue weighted by Crippen LogP contribution is 2.27. The quantitative estimate of drug-likeness (QED) is 0.827. The zero-order valence-electron chi connectivity index (χ0n) is 15.4. The second kappa shape index (κ2) is 8.52. The van der Waals surface area contributed by atoms with Gasteiger partial charge in [0.2, 0.25) is 5.91 Å². The summed E-state index contributed by atoms with van der Waals surface area (Å²) in [6.45, 7) is 4.49. The lowest BCUT2D eigenvalue weighted by Gasteiger charge is -2.24. The maximum atomic E-state index is 14.0. The molecule has 1 aromatic carbocycles. The zero-order chi connectivity index (χ0) is 18.5. The molecular weight excluding hydrogens is 335 g/mol. The first kappa shape index (κ1) is 18.7. The largest absolute Gasteiger partial charge is 0.491 e. The maximum absolute atomic E-state index is 14.0. The number of hydrogen-bond acceptors (Lipinski definition) is 3. The Labute approximate surface area is 154 Å². The van der Waals surface area contributed by atoms with Crippen LogP contribution in [-0.2, 0) is 4.79 Å². The Morgan fingerprint density at radius 1 is 1.08 bits per heavy atom. The second-order valence-corrected chi connectivity index (χ2v) is 7.03. The molecule has 26 heavy (non-hydrogen) atoms. The van der Waals surface area contributed by atoms with E-state index in [4.69, 9.17) is 4.74 Å². The average Bonchev–Trinajstić information content (AvgIpc) is 3.07. The molecule has 0 unspecified atom stereocenters. The summed E-state index contributed by atoms with van der Waals surface area (Å²) in [5.41, 5.74) is 0.321. The van der Waals surface area contributed by atoms with E-state index in [9.17, 15) is 14.0 Å². The molecule has 0 bridgehead atoms. The van der Waals surface area contributed by atoms with Gasteiger partial charge in [0, 0.05) is 37.7 Å². The highest BCUT2D eigenvalue weighted by Gasteiger charge is 2.29. The number of amides is 2. The summed E-state index contributed by atoms with van der Waals surface area (Å²) in [4.78, 5) is 28.9. The molecule has 0 N–H and O–H groups in total. The van der Waals surface area contributed by atoms with Crippen LogP contribution >= 0.6 is 0 Å². The Hall–Kier alpha value is -2.11. The zero-order valence-corrected chi connectivity index (χ0v) is 15.4. The van der Waals surface area contributed by atoms with E-state index in [0.717, 1.165) is 32.1 Å². The Morgan fingerprint density at radius 2 is 1.77 bits per heavy atom. The number of benzene rings is 1. The van der Waals surface area contributed by atoms with E-state index in [0.29, 0.717) is 38.3 Å². The third-order valence-electron chi connectivity index (χ3n) is 5.28. The van der Waals surface area contributed by atoms with Gasteiger partial charge in [0.05, 0.1) is 6.61 Å². The number of carbonyl (C=O) groups is 2. The average molecular weight is 362 g/mol. The summed E-state index contributed by atoms with van der Waals surface area (Å²) in [5.74, 6) is -0.151. The number of carbonyl (C=O) groups excluding carboxylic acids is 2. The predicted molar refractivity (Wildman–Crippen MR) is 96.6 cm³/mol. The normalized spacial score (nSPS) is 18.7. The predicted octanol–water partition coefficient (Wildman–Crippen LogP) is 3.09. The molecule has 1 aromatic rings. The lowest BCUT2D eigenvalue weighted by Crippen LogP contribution is -2.39. The van der Waals surface area contributed by atoms with Crippen molar-refractivity contribution in [1.29, 1.82) is 0 Å². The summed E-state index contributed by atoms with van der Waals surface area (Å²) in [7, 11) is 0. The highest BCUT2D eigenvalue weighted by molar-refractivity contribution is 5.94. The molecule has 1 aliphatic carbocycles. The molecular formula is C20H27FN2O3. The molecule has 2 aliphatic rings. The fraction of sp³-hybridized carbons (Fsp3) is 0.600. The molecule has 0 atom stereocenters. The highest BCUT2D eigenvalue weighted by atomic mass is 19.1. The first-order valence-corrected chi connectivity index (χ1v) is 9.60. The summed E-state index contributed by atoms with van der Waals surface area (Å²) in [6, 6.07) is 4.34. The molecule has 3 rings (SSSR count). The second-order valence-electron chi connectivity index (χ2n) is 7.03. The van der Waals surface area contributed by atoms with Crippen LogP contribution in [0.3, 0.4) is 0 Å². The first-order chi connectivity index (χ1) is 12.6. The van der Waals surface area contributed by atoms with Gasteiger partial charge in [-0.3, -0.25) is 9.59 Å². The van der Waals surface area contributed by atoms with Crippen LogP contribution in [-0.4, -0.2) is 54.4 Å². The number of hydrogen-bond donors (Lipinski definition) is 0. The minimum absolute atomic E-state index is 0.160. The molecule has 6 heteroatoms. The number of nitrogens with zero attached hydrogens (tertiary/aromatic N) is 2. The minimum Gasteiger partial charge on any atom is -0.491 e. The first-order valence-electron chi connectivity index (χ1n) is 9.60. The molecule has 2 amide bonds. The van der Waals surface area contributed by atoms with Crippen molar-refractivity contribution in [2.45, 2.75) is 39.0 Å². The van der Waals surface area contributed by atoms with Gasteiger partial charge in [-0.15, -0.1) is 0 Å². The van der Waals surface area contributed by atoms with Crippen LogP contribution in [0.5, 0.6) is 5.75 Å². The fourth-order valence-corrected chi connectivity index (χ4v) is 3.86. The van der Waals surface area contributed by atoms with E-state index in [2.05, 4.69) is 0 Å². The summed E-state index contributed by atoms with van der Waals surface area (Å²) < 4.78 is 19.2. The van der Waals surface area contributed by atoms with Crippen molar-refractivity contribution >= 4 is 11.8 Å². The van der Waals surface area contributed by atoms with Gasteiger partial charge >= 0.3 is 0 Å². The van der Waals surface area contributed by atoms with Crippen molar-refractivity contribution in [2.24, 2.45) is 5.92 Å². The third kappa shape index (κ3) is 4.17. The number of rotatable bonds is 4. The smallest absolute Gasteiger partial charge is 0.254 e. The molecule has 142 valence electrons. The van der Waals surface area contributed by atoms with E-state index in [1.807, 2.05) is 4.90 Å². The minimum atomic E-state index is -0.523. The molecule has 1 saturated heterocycles. The summed E-state index contributed by atoms with van der Waals surface area (Å²) in [5, 5.41) is 0.